The topological polar surface area (TPSA) is 67.3 Å². The van der Waals surface area contributed by atoms with Crippen LogP contribution in [0, 0.1) is 0 Å². The maximum absolute atomic E-state index is 11.3. The van der Waals surface area contributed by atoms with Crippen LogP contribution in [-0.4, -0.2) is 21.8 Å². The Morgan fingerprint density at radius 2 is 2.18 bits per heavy atom. The van der Waals surface area contributed by atoms with E-state index in [0.717, 1.165) is 20.7 Å². The van der Waals surface area contributed by atoms with Gasteiger partial charge in [-0.3, -0.25) is 4.79 Å². The number of carbonyl (C=O) groups excluding carboxylic acids is 1. The van der Waals surface area contributed by atoms with Crippen molar-refractivity contribution in [1.29, 1.82) is 0 Å². The van der Waals surface area contributed by atoms with E-state index in [0.29, 0.717) is 5.01 Å². The Morgan fingerprint density at radius 3 is 2.59 bits per heavy atom. The molecule has 2 heterocycles. The summed E-state index contributed by atoms with van der Waals surface area (Å²) in [6, 6.07) is 1.85. The summed E-state index contributed by atoms with van der Waals surface area (Å²) >= 11 is 5.87. The molecule has 0 spiro atoms. The minimum atomic E-state index is -1.17. The number of carbonyl (C=O) groups is 2. The molecule has 2 aromatic rings. The number of aromatic carboxylic acids is 1. The van der Waals surface area contributed by atoms with Gasteiger partial charge in [-0.2, -0.15) is 0 Å². The van der Waals surface area contributed by atoms with E-state index >= 15 is 0 Å². The van der Waals surface area contributed by atoms with Crippen LogP contribution in [0.15, 0.2) is 15.9 Å². The molecule has 0 fully saturated rings. The molecule has 0 aliphatic carbocycles. The fraction of sp³-hybridized carbons (Fsp3) is 0.100. The monoisotopic (exact) mass is 331 g/mol. The molecule has 17 heavy (non-hydrogen) atoms. The zero-order chi connectivity index (χ0) is 12.6. The van der Waals surface area contributed by atoms with Crippen LogP contribution in [0.5, 0.6) is 0 Å². The van der Waals surface area contributed by atoms with Crippen LogP contribution in [0.1, 0.15) is 27.1 Å². The van der Waals surface area contributed by atoms with Crippen molar-refractivity contribution in [2.45, 2.75) is 6.92 Å². The number of hydrogen-bond donors (Lipinski definition) is 1. The van der Waals surface area contributed by atoms with Gasteiger partial charge in [0.25, 0.3) is 0 Å². The van der Waals surface area contributed by atoms with Gasteiger partial charge in [0.2, 0.25) is 0 Å². The Bertz CT molecular complexity index is 571. The van der Waals surface area contributed by atoms with Crippen LogP contribution in [-0.2, 0) is 0 Å². The summed E-state index contributed by atoms with van der Waals surface area (Å²) in [5.41, 5.74) is -0.165. The Morgan fingerprint density at radius 1 is 1.47 bits per heavy atom. The highest BCUT2D eigenvalue weighted by Gasteiger charge is 2.21. The quantitative estimate of drug-likeness (QED) is 0.873. The fourth-order valence-corrected chi connectivity index (χ4v) is 3.68. The predicted octanol–water partition coefficient (Wildman–Crippen LogP) is 3.53. The molecule has 4 nitrogen and oxygen atoms in total. The molecular weight excluding hydrogens is 326 g/mol. The molecule has 1 N–H and O–H groups in total. The van der Waals surface area contributed by atoms with E-state index in [9.17, 15) is 9.59 Å². The standard InChI is InChI=1S/C10H6BrNO3S2/c1-4(13)8-7(10(14)15)12-9(17-8)6-2-5(11)3-16-6/h2-3H,1H3,(H,14,15). The number of rotatable bonds is 3. The summed E-state index contributed by atoms with van der Waals surface area (Å²) in [5.74, 6) is -1.45. The number of Topliss-reactive ketones (excluding diaryl/α,β-unsaturated/α-hetero) is 1. The Balaban J connectivity index is 2.54. The smallest absolute Gasteiger partial charge is 0.356 e. The number of nitrogens with zero attached hydrogens (tertiary/aromatic N) is 1. The number of thiophene rings is 1. The first-order valence-electron chi connectivity index (χ1n) is 4.48. The second-order valence-corrected chi connectivity index (χ2v) is 6.01. The molecule has 0 saturated heterocycles. The van der Waals surface area contributed by atoms with Crippen molar-refractivity contribution in [2.75, 3.05) is 0 Å². The van der Waals surface area contributed by atoms with E-state index < -0.39 is 5.97 Å². The van der Waals surface area contributed by atoms with Crippen LogP contribution in [0.2, 0.25) is 0 Å². The Hall–Kier alpha value is -1.05. The van der Waals surface area contributed by atoms with Gasteiger partial charge in [0.05, 0.1) is 4.88 Å². The summed E-state index contributed by atoms with van der Waals surface area (Å²) in [7, 11) is 0. The molecular formula is C10H6BrNO3S2. The van der Waals surface area contributed by atoms with E-state index in [1.165, 1.54) is 18.3 Å². The first kappa shape index (κ1) is 12.4. The van der Waals surface area contributed by atoms with Gasteiger partial charge < -0.3 is 5.11 Å². The molecule has 7 heteroatoms. The van der Waals surface area contributed by atoms with Crippen LogP contribution in [0.25, 0.3) is 9.88 Å². The second-order valence-electron chi connectivity index (χ2n) is 3.19. The largest absolute Gasteiger partial charge is 0.476 e. The number of thiazole rings is 1. The van der Waals surface area contributed by atoms with Crippen molar-refractivity contribution < 1.29 is 14.7 Å². The lowest BCUT2D eigenvalue weighted by atomic mass is 10.3. The Labute approximate surface area is 113 Å². The minimum Gasteiger partial charge on any atom is -0.476 e. The van der Waals surface area contributed by atoms with Gasteiger partial charge in [-0.1, -0.05) is 0 Å². The highest BCUT2D eigenvalue weighted by molar-refractivity contribution is 9.10. The highest BCUT2D eigenvalue weighted by atomic mass is 79.9. The van der Waals surface area contributed by atoms with Crippen molar-refractivity contribution in [2.24, 2.45) is 0 Å². The number of aromatic nitrogens is 1. The summed E-state index contributed by atoms with van der Waals surface area (Å²) in [6.07, 6.45) is 0. The zero-order valence-corrected chi connectivity index (χ0v) is 11.8. The summed E-state index contributed by atoms with van der Waals surface area (Å²) in [6.45, 7) is 1.34. The average molecular weight is 332 g/mol. The van der Waals surface area contributed by atoms with E-state index in [4.69, 9.17) is 5.11 Å². The van der Waals surface area contributed by atoms with Crippen molar-refractivity contribution in [3.05, 3.63) is 26.5 Å². The molecule has 0 saturated carbocycles. The number of halogens is 1. The van der Waals surface area contributed by atoms with Crippen molar-refractivity contribution >= 4 is 50.4 Å². The van der Waals surface area contributed by atoms with E-state index in [-0.39, 0.29) is 16.4 Å². The average Bonchev–Trinajstić information content (AvgIpc) is 2.82. The molecule has 2 rings (SSSR count). The lowest BCUT2D eigenvalue weighted by Gasteiger charge is -1.89. The van der Waals surface area contributed by atoms with Gasteiger partial charge in [-0.25, -0.2) is 9.78 Å². The molecule has 0 atom stereocenters. The van der Waals surface area contributed by atoms with Gasteiger partial charge >= 0.3 is 5.97 Å². The second kappa shape index (κ2) is 4.67. The summed E-state index contributed by atoms with van der Waals surface area (Å²) in [4.78, 5) is 27.3. The molecule has 0 bridgehead atoms. The van der Waals surface area contributed by atoms with Crippen LogP contribution in [0.4, 0.5) is 0 Å². The highest BCUT2D eigenvalue weighted by Crippen LogP contribution is 2.34. The molecule has 0 radical (unpaired) electrons. The van der Waals surface area contributed by atoms with Crippen molar-refractivity contribution in [3.63, 3.8) is 0 Å². The maximum atomic E-state index is 11.3. The van der Waals surface area contributed by atoms with Gasteiger partial charge in [-0.05, 0) is 22.0 Å². The van der Waals surface area contributed by atoms with Gasteiger partial charge in [0, 0.05) is 16.8 Å². The SMILES string of the molecule is CC(=O)c1sc(-c2cc(Br)cs2)nc1C(=O)O. The third kappa shape index (κ3) is 2.46. The zero-order valence-electron chi connectivity index (χ0n) is 8.56. The number of carboxylic acid groups (broad SMARTS) is 1. The van der Waals surface area contributed by atoms with Crippen LogP contribution in [0.3, 0.4) is 0 Å². The molecule has 0 aliphatic heterocycles. The van der Waals surface area contributed by atoms with E-state index in [2.05, 4.69) is 20.9 Å². The third-order valence-electron chi connectivity index (χ3n) is 1.93. The number of carboxylic acids is 1. The van der Waals surface area contributed by atoms with Crippen molar-refractivity contribution in [1.82, 2.24) is 4.98 Å². The summed E-state index contributed by atoms with van der Waals surface area (Å²) < 4.78 is 0.911. The molecule has 2 aromatic heterocycles. The predicted molar refractivity (Wildman–Crippen MR) is 70.1 cm³/mol. The van der Waals surface area contributed by atoms with Crippen LogP contribution < -0.4 is 0 Å². The minimum absolute atomic E-state index is 0.165. The first-order valence-corrected chi connectivity index (χ1v) is 6.97. The number of ketones is 1. The number of hydrogen-bond acceptors (Lipinski definition) is 5. The first-order chi connectivity index (χ1) is 7.99. The lowest BCUT2D eigenvalue weighted by molar-refractivity contribution is 0.0687. The normalized spacial score (nSPS) is 10.5. The summed E-state index contributed by atoms with van der Waals surface area (Å²) in [5, 5.41) is 11.4. The molecule has 0 unspecified atom stereocenters. The molecule has 0 amide bonds. The Kier molecular flexibility index (Phi) is 3.41. The van der Waals surface area contributed by atoms with E-state index in [1.54, 1.807) is 0 Å². The van der Waals surface area contributed by atoms with Crippen LogP contribution >= 0.6 is 38.6 Å². The molecule has 0 aromatic carbocycles. The molecule has 0 aliphatic rings. The van der Waals surface area contributed by atoms with E-state index in [1.807, 2.05) is 11.4 Å². The van der Waals surface area contributed by atoms with Gasteiger partial charge in [0.1, 0.15) is 9.88 Å². The molecule has 88 valence electrons. The maximum Gasteiger partial charge on any atom is 0.356 e. The van der Waals surface area contributed by atoms with Crippen molar-refractivity contribution in [3.8, 4) is 9.88 Å². The van der Waals surface area contributed by atoms with Gasteiger partial charge in [-0.15, -0.1) is 22.7 Å². The van der Waals surface area contributed by atoms with Gasteiger partial charge in [0.15, 0.2) is 11.5 Å². The third-order valence-corrected chi connectivity index (χ3v) is 4.94. The fourth-order valence-electron chi connectivity index (χ4n) is 1.23. The lowest BCUT2D eigenvalue weighted by Crippen LogP contribution is -2.03.